The SMILES string of the molecule is CC1CCCCC1.COCCN. The molecule has 0 aromatic rings. The lowest BCUT2D eigenvalue weighted by atomic mass is 9.91. The highest BCUT2D eigenvalue weighted by molar-refractivity contribution is 4.59. The molecule has 0 bridgehead atoms. The monoisotopic (exact) mass is 173 g/mol. The van der Waals surface area contributed by atoms with Crippen molar-refractivity contribution in [1.82, 2.24) is 0 Å². The van der Waals surface area contributed by atoms with Gasteiger partial charge >= 0.3 is 0 Å². The van der Waals surface area contributed by atoms with Crippen LogP contribution in [-0.2, 0) is 4.74 Å². The van der Waals surface area contributed by atoms with Crippen molar-refractivity contribution < 1.29 is 4.74 Å². The van der Waals surface area contributed by atoms with Crippen molar-refractivity contribution in [3.63, 3.8) is 0 Å². The van der Waals surface area contributed by atoms with E-state index in [9.17, 15) is 0 Å². The van der Waals surface area contributed by atoms with Gasteiger partial charge in [-0.2, -0.15) is 0 Å². The van der Waals surface area contributed by atoms with Gasteiger partial charge in [0.1, 0.15) is 0 Å². The Balaban J connectivity index is 0.000000217. The van der Waals surface area contributed by atoms with E-state index in [1.807, 2.05) is 0 Å². The molecule has 12 heavy (non-hydrogen) atoms. The molecule has 1 rings (SSSR count). The van der Waals surface area contributed by atoms with E-state index in [1.54, 1.807) is 7.11 Å². The minimum Gasteiger partial charge on any atom is -0.383 e. The molecule has 0 saturated heterocycles. The van der Waals surface area contributed by atoms with E-state index in [1.165, 1.54) is 32.1 Å². The summed E-state index contributed by atoms with van der Waals surface area (Å²) in [5, 5.41) is 0. The van der Waals surface area contributed by atoms with Gasteiger partial charge in [0.05, 0.1) is 6.61 Å². The average molecular weight is 173 g/mol. The normalized spacial score (nSPS) is 18.2. The van der Waals surface area contributed by atoms with Crippen molar-refractivity contribution in [3.8, 4) is 0 Å². The van der Waals surface area contributed by atoms with E-state index < -0.39 is 0 Å². The van der Waals surface area contributed by atoms with Gasteiger partial charge in [0, 0.05) is 13.7 Å². The lowest BCUT2D eigenvalue weighted by Crippen LogP contribution is -2.05. The smallest absolute Gasteiger partial charge is 0.0584 e. The molecule has 0 heterocycles. The van der Waals surface area contributed by atoms with Crippen molar-refractivity contribution in [2.45, 2.75) is 39.0 Å². The van der Waals surface area contributed by atoms with Gasteiger partial charge in [-0.25, -0.2) is 0 Å². The molecule has 0 unspecified atom stereocenters. The summed E-state index contributed by atoms with van der Waals surface area (Å²) < 4.78 is 4.57. The number of nitrogens with two attached hydrogens (primary N) is 1. The molecule has 0 atom stereocenters. The van der Waals surface area contributed by atoms with Crippen molar-refractivity contribution in [3.05, 3.63) is 0 Å². The lowest BCUT2D eigenvalue weighted by Gasteiger charge is -2.15. The second-order valence-corrected chi connectivity index (χ2v) is 3.52. The molecular formula is C10H23NO. The molecule has 1 aliphatic rings. The fraction of sp³-hybridized carbons (Fsp3) is 1.00. The largest absolute Gasteiger partial charge is 0.383 e. The molecule has 2 nitrogen and oxygen atoms in total. The third kappa shape index (κ3) is 8.02. The fourth-order valence-electron chi connectivity index (χ4n) is 1.42. The summed E-state index contributed by atoms with van der Waals surface area (Å²) >= 11 is 0. The predicted molar refractivity (Wildman–Crippen MR) is 53.2 cm³/mol. The van der Waals surface area contributed by atoms with Crippen LogP contribution in [0.1, 0.15) is 39.0 Å². The van der Waals surface area contributed by atoms with E-state index in [2.05, 4.69) is 11.7 Å². The second kappa shape index (κ2) is 9.01. The first-order chi connectivity index (χ1) is 5.81. The Hall–Kier alpha value is -0.0800. The zero-order chi connectivity index (χ0) is 9.23. The van der Waals surface area contributed by atoms with Crippen LogP contribution in [0, 0.1) is 5.92 Å². The quantitative estimate of drug-likeness (QED) is 0.694. The molecule has 0 aromatic carbocycles. The first kappa shape index (κ1) is 11.9. The van der Waals surface area contributed by atoms with Crippen LogP contribution in [0.4, 0.5) is 0 Å². The van der Waals surface area contributed by atoms with Crippen molar-refractivity contribution >= 4 is 0 Å². The summed E-state index contributed by atoms with van der Waals surface area (Å²) in [5.41, 5.74) is 5.01. The summed E-state index contributed by atoms with van der Waals surface area (Å²) in [6.07, 6.45) is 7.44. The summed E-state index contributed by atoms with van der Waals surface area (Å²) in [6.45, 7) is 3.65. The maximum absolute atomic E-state index is 5.01. The van der Waals surface area contributed by atoms with Crippen LogP contribution in [0.2, 0.25) is 0 Å². The maximum atomic E-state index is 5.01. The average Bonchev–Trinajstić information content (AvgIpc) is 2.08. The zero-order valence-corrected chi connectivity index (χ0v) is 8.51. The Bertz CT molecular complexity index is 77.9. The van der Waals surface area contributed by atoms with Gasteiger partial charge in [0.2, 0.25) is 0 Å². The highest BCUT2D eigenvalue weighted by Gasteiger charge is 2.05. The first-order valence-corrected chi connectivity index (χ1v) is 5.00. The van der Waals surface area contributed by atoms with Crippen LogP contribution in [-0.4, -0.2) is 20.3 Å². The van der Waals surface area contributed by atoms with Crippen molar-refractivity contribution in [2.24, 2.45) is 11.7 Å². The molecule has 0 spiro atoms. The molecule has 0 aliphatic heterocycles. The van der Waals surface area contributed by atoms with E-state index in [0.717, 1.165) is 5.92 Å². The van der Waals surface area contributed by atoms with Crippen LogP contribution < -0.4 is 5.73 Å². The predicted octanol–water partition coefficient (Wildman–Crippen LogP) is 2.18. The van der Waals surface area contributed by atoms with Crippen LogP contribution in [0.3, 0.4) is 0 Å². The molecule has 1 aliphatic carbocycles. The highest BCUT2D eigenvalue weighted by atomic mass is 16.5. The molecule has 2 heteroatoms. The Labute approximate surface area is 76.5 Å². The summed E-state index contributed by atoms with van der Waals surface area (Å²) in [7, 11) is 1.63. The first-order valence-electron chi connectivity index (χ1n) is 5.00. The zero-order valence-electron chi connectivity index (χ0n) is 8.51. The van der Waals surface area contributed by atoms with E-state index in [-0.39, 0.29) is 0 Å². The Morgan fingerprint density at radius 1 is 1.25 bits per heavy atom. The van der Waals surface area contributed by atoms with Crippen LogP contribution in [0.25, 0.3) is 0 Å². The molecular weight excluding hydrogens is 150 g/mol. The Kier molecular flexibility index (Phi) is 8.95. The van der Waals surface area contributed by atoms with E-state index in [0.29, 0.717) is 13.2 Å². The van der Waals surface area contributed by atoms with Gasteiger partial charge < -0.3 is 10.5 Å². The summed E-state index contributed by atoms with van der Waals surface area (Å²) in [6, 6.07) is 0. The van der Waals surface area contributed by atoms with Gasteiger partial charge in [0.25, 0.3) is 0 Å². The minimum atomic E-state index is 0.622. The lowest BCUT2D eigenvalue weighted by molar-refractivity contribution is 0.207. The second-order valence-electron chi connectivity index (χ2n) is 3.52. The van der Waals surface area contributed by atoms with Crippen LogP contribution in [0.5, 0.6) is 0 Å². The fourth-order valence-corrected chi connectivity index (χ4v) is 1.42. The standard InChI is InChI=1S/C7H14.C3H9NO/c1-7-5-3-2-4-6-7;1-5-3-2-4/h7H,2-6H2,1H3;2-4H2,1H3. The van der Waals surface area contributed by atoms with Gasteiger partial charge in [0.15, 0.2) is 0 Å². The van der Waals surface area contributed by atoms with Gasteiger partial charge in [-0.1, -0.05) is 39.0 Å². The van der Waals surface area contributed by atoms with E-state index in [4.69, 9.17) is 5.73 Å². The van der Waals surface area contributed by atoms with Gasteiger partial charge in [-0.05, 0) is 5.92 Å². The Morgan fingerprint density at radius 2 is 1.83 bits per heavy atom. The summed E-state index contributed by atoms with van der Waals surface area (Å²) in [5.74, 6) is 1.04. The molecule has 1 saturated carbocycles. The van der Waals surface area contributed by atoms with Gasteiger partial charge in [-0.15, -0.1) is 0 Å². The van der Waals surface area contributed by atoms with Crippen molar-refractivity contribution in [1.29, 1.82) is 0 Å². The Morgan fingerprint density at radius 3 is 2.00 bits per heavy atom. The number of rotatable bonds is 2. The molecule has 2 N–H and O–H groups in total. The van der Waals surface area contributed by atoms with Gasteiger partial charge in [-0.3, -0.25) is 0 Å². The number of ether oxygens (including phenoxy) is 1. The number of methoxy groups -OCH3 is 1. The van der Waals surface area contributed by atoms with E-state index >= 15 is 0 Å². The molecule has 0 amide bonds. The molecule has 0 aromatic heterocycles. The maximum Gasteiger partial charge on any atom is 0.0584 e. The van der Waals surface area contributed by atoms with Crippen LogP contribution in [0.15, 0.2) is 0 Å². The summed E-state index contributed by atoms with van der Waals surface area (Å²) in [4.78, 5) is 0. The number of hydrogen-bond acceptors (Lipinski definition) is 2. The highest BCUT2D eigenvalue weighted by Crippen LogP contribution is 2.21. The molecule has 0 radical (unpaired) electrons. The third-order valence-corrected chi connectivity index (χ3v) is 2.22. The third-order valence-electron chi connectivity index (χ3n) is 2.22. The number of hydrogen-bond donors (Lipinski definition) is 1. The van der Waals surface area contributed by atoms with Crippen LogP contribution >= 0.6 is 0 Å². The minimum absolute atomic E-state index is 0.622. The molecule has 74 valence electrons. The molecule has 1 fully saturated rings. The van der Waals surface area contributed by atoms with Crippen molar-refractivity contribution in [2.75, 3.05) is 20.3 Å². The topological polar surface area (TPSA) is 35.2 Å².